The van der Waals surface area contributed by atoms with Crippen LogP contribution >= 0.6 is 0 Å². The molecule has 4 rings (SSSR count). The fourth-order valence-electron chi connectivity index (χ4n) is 3.92. The van der Waals surface area contributed by atoms with Crippen LogP contribution in [0.15, 0.2) is 42.5 Å². The van der Waals surface area contributed by atoms with Crippen molar-refractivity contribution in [3.63, 3.8) is 0 Å². The van der Waals surface area contributed by atoms with E-state index < -0.39 is 0 Å². The lowest BCUT2D eigenvalue weighted by Gasteiger charge is -2.30. The Morgan fingerprint density at radius 1 is 1.07 bits per heavy atom. The summed E-state index contributed by atoms with van der Waals surface area (Å²) in [5.74, 6) is 2.89. The normalized spacial score (nSPS) is 14.9. The molecule has 3 aromatic rings. The Morgan fingerprint density at radius 3 is 2.52 bits per heavy atom. The van der Waals surface area contributed by atoms with Crippen LogP contribution in [0.4, 0.5) is 0 Å². The van der Waals surface area contributed by atoms with Crippen LogP contribution < -0.4 is 9.47 Å². The molecule has 0 bridgehead atoms. The predicted octanol–water partition coefficient (Wildman–Crippen LogP) is 3.98. The van der Waals surface area contributed by atoms with Gasteiger partial charge in [0.15, 0.2) is 11.5 Å². The van der Waals surface area contributed by atoms with E-state index in [9.17, 15) is 4.79 Å². The number of carbonyl (C=O) groups is 1. The van der Waals surface area contributed by atoms with Crippen molar-refractivity contribution in [3.8, 4) is 22.9 Å². The largest absolute Gasteiger partial charge is 0.493 e. The molecule has 0 spiro atoms. The molecule has 0 N–H and O–H groups in total. The van der Waals surface area contributed by atoms with Crippen LogP contribution in [0.25, 0.3) is 22.4 Å². The minimum absolute atomic E-state index is 0.141. The van der Waals surface area contributed by atoms with Gasteiger partial charge in [-0.1, -0.05) is 19.1 Å². The highest BCUT2D eigenvalue weighted by Gasteiger charge is 2.23. The van der Waals surface area contributed by atoms with Crippen molar-refractivity contribution < 1.29 is 14.3 Å². The van der Waals surface area contributed by atoms with Crippen LogP contribution in [0.1, 0.15) is 19.8 Å². The van der Waals surface area contributed by atoms with E-state index in [0.29, 0.717) is 17.4 Å². The van der Waals surface area contributed by atoms with Crippen LogP contribution in [0.5, 0.6) is 11.5 Å². The Kier molecular flexibility index (Phi) is 5.43. The zero-order valence-electron chi connectivity index (χ0n) is 17.2. The summed E-state index contributed by atoms with van der Waals surface area (Å²) in [5, 5.41) is 0. The zero-order chi connectivity index (χ0) is 20.4. The zero-order valence-corrected chi connectivity index (χ0v) is 17.2. The Bertz CT molecular complexity index is 1020. The number of likely N-dealkylation sites (tertiary alicyclic amines) is 1. The summed E-state index contributed by atoms with van der Waals surface area (Å²) < 4.78 is 12.8. The quantitative estimate of drug-likeness (QED) is 0.658. The first-order valence-corrected chi connectivity index (χ1v) is 10.1. The van der Waals surface area contributed by atoms with Gasteiger partial charge in [-0.2, -0.15) is 0 Å². The first kappa shape index (κ1) is 19.3. The summed E-state index contributed by atoms with van der Waals surface area (Å²) in [5.41, 5.74) is 2.72. The second kappa shape index (κ2) is 8.15. The second-order valence-electron chi connectivity index (χ2n) is 7.64. The molecule has 0 unspecified atom stereocenters. The molecule has 6 heteroatoms. The number of hydrogen-bond donors (Lipinski definition) is 0. The van der Waals surface area contributed by atoms with Gasteiger partial charge in [-0.05, 0) is 49.1 Å². The molecule has 1 saturated heterocycles. The lowest BCUT2D eigenvalue weighted by atomic mass is 9.99. The van der Waals surface area contributed by atoms with Gasteiger partial charge in [0.2, 0.25) is 5.91 Å². The average molecular weight is 393 g/mol. The van der Waals surface area contributed by atoms with E-state index in [-0.39, 0.29) is 12.5 Å². The monoisotopic (exact) mass is 393 g/mol. The Labute approximate surface area is 171 Å². The maximum absolute atomic E-state index is 13.1. The van der Waals surface area contributed by atoms with Gasteiger partial charge in [0.25, 0.3) is 0 Å². The van der Waals surface area contributed by atoms with Gasteiger partial charge in [0, 0.05) is 18.7 Å². The number of carbonyl (C=O) groups excluding carboxylic acids is 1. The van der Waals surface area contributed by atoms with E-state index >= 15 is 0 Å². The molecule has 6 nitrogen and oxygen atoms in total. The van der Waals surface area contributed by atoms with Gasteiger partial charge in [0.1, 0.15) is 12.4 Å². The van der Waals surface area contributed by atoms with Crippen LogP contribution in [0.3, 0.4) is 0 Å². The highest BCUT2D eigenvalue weighted by molar-refractivity contribution is 5.85. The lowest BCUT2D eigenvalue weighted by molar-refractivity contribution is -0.133. The van der Waals surface area contributed by atoms with E-state index in [0.717, 1.165) is 48.4 Å². The van der Waals surface area contributed by atoms with E-state index in [2.05, 4.69) is 6.92 Å². The standard InChI is InChI=1S/C23H27N3O3/c1-16-10-12-25(13-11-16)22(27)15-26-19-7-5-4-6-18(19)24-23(26)17-8-9-20(28-2)21(14-17)29-3/h4-9,14,16H,10-13,15H2,1-3H3. The number of benzene rings is 2. The van der Waals surface area contributed by atoms with Gasteiger partial charge < -0.3 is 18.9 Å². The van der Waals surface area contributed by atoms with E-state index in [4.69, 9.17) is 14.5 Å². The SMILES string of the molecule is COc1ccc(-c2nc3ccccc3n2CC(=O)N2CCC(C)CC2)cc1OC. The van der Waals surface area contributed by atoms with Crippen molar-refractivity contribution in [1.82, 2.24) is 14.5 Å². The number of fused-ring (bicyclic) bond motifs is 1. The molecule has 0 atom stereocenters. The van der Waals surface area contributed by atoms with Crippen LogP contribution in [-0.2, 0) is 11.3 Å². The molecule has 1 aliphatic rings. The topological polar surface area (TPSA) is 56.6 Å². The fourth-order valence-corrected chi connectivity index (χ4v) is 3.92. The molecule has 2 heterocycles. The predicted molar refractivity (Wildman–Crippen MR) is 113 cm³/mol. The Hall–Kier alpha value is -3.02. The number of piperidine rings is 1. The molecule has 1 aliphatic heterocycles. The molecule has 29 heavy (non-hydrogen) atoms. The summed E-state index contributed by atoms with van der Waals surface area (Å²) >= 11 is 0. The van der Waals surface area contributed by atoms with E-state index in [1.807, 2.05) is 51.9 Å². The highest BCUT2D eigenvalue weighted by Crippen LogP contribution is 2.33. The number of imidazole rings is 1. The molecule has 1 aromatic heterocycles. The van der Waals surface area contributed by atoms with Crippen LogP contribution in [0.2, 0.25) is 0 Å². The number of aromatic nitrogens is 2. The third-order valence-electron chi connectivity index (χ3n) is 5.73. The number of ether oxygens (including phenoxy) is 2. The summed E-state index contributed by atoms with van der Waals surface area (Å²) in [4.78, 5) is 19.9. The summed E-state index contributed by atoms with van der Waals surface area (Å²) in [6.45, 7) is 4.19. The minimum Gasteiger partial charge on any atom is -0.493 e. The number of para-hydroxylation sites is 2. The lowest BCUT2D eigenvalue weighted by Crippen LogP contribution is -2.39. The Morgan fingerprint density at radius 2 is 1.79 bits per heavy atom. The summed E-state index contributed by atoms with van der Waals surface area (Å²) in [7, 11) is 3.23. The average Bonchev–Trinajstić information content (AvgIpc) is 3.12. The second-order valence-corrected chi connectivity index (χ2v) is 7.64. The van der Waals surface area contributed by atoms with Gasteiger partial charge in [-0.3, -0.25) is 4.79 Å². The third kappa shape index (κ3) is 3.79. The van der Waals surface area contributed by atoms with E-state index in [1.54, 1.807) is 14.2 Å². The third-order valence-corrected chi connectivity index (χ3v) is 5.73. The summed E-state index contributed by atoms with van der Waals surface area (Å²) in [6, 6.07) is 13.7. The number of methoxy groups -OCH3 is 2. The maximum atomic E-state index is 13.1. The fraction of sp³-hybridized carbons (Fsp3) is 0.391. The minimum atomic E-state index is 0.141. The van der Waals surface area contributed by atoms with Gasteiger partial charge in [-0.25, -0.2) is 4.98 Å². The maximum Gasteiger partial charge on any atom is 0.242 e. The van der Waals surface area contributed by atoms with E-state index in [1.165, 1.54) is 0 Å². The Balaban J connectivity index is 1.72. The molecular weight excluding hydrogens is 366 g/mol. The van der Waals surface area contributed by atoms with Crippen molar-refractivity contribution in [3.05, 3.63) is 42.5 Å². The molecule has 2 aromatic carbocycles. The van der Waals surface area contributed by atoms with Crippen molar-refractivity contribution in [1.29, 1.82) is 0 Å². The molecular formula is C23H27N3O3. The number of hydrogen-bond acceptors (Lipinski definition) is 4. The van der Waals surface area contributed by atoms with Crippen molar-refractivity contribution >= 4 is 16.9 Å². The molecule has 1 fully saturated rings. The number of nitrogens with zero attached hydrogens (tertiary/aromatic N) is 3. The first-order chi connectivity index (χ1) is 14.1. The molecule has 1 amide bonds. The number of rotatable bonds is 5. The van der Waals surface area contributed by atoms with Crippen molar-refractivity contribution in [2.45, 2.75) is 26.3 Å². The molecule has 0 aliphatic carbocycles. The molecule has 0 saturated carbocycles. The van der Waals surface area contributed by atoms with Crippen molar-refractivity contribution in [2.24, 2.45) is 5.92 Å². The smallest absolute Gasteiger partial charge is 0.242 e. The van der Waals surface area contributed by atoms with Crippen LogP contribution in [0, 0.1) is 5.92 Å². The molecule has 152 valence electrons. The first-order valence-electron chi connectivity index (χ1n) is 10.1. The molecule has 0 radical (unpaired) electrons. The van der Waals surface area contributed by atoms with Crippen LogP contribution in [-0.4, -0.2) is 47.7 Å². The van der Waals surface area contributed by atoms with Gasteiger partial charge in [0.05, 0.1) is 25.3 Å². The van der Waals surface area contributed by atoms with Gasteiger partial charge in [-0.15, -0.1) is 0 Å². The highest BCUT2D eigenvalue weighted by atomic mass is 16.5. The number of amides is 1. The van der Waals surface area contributed by atoms with Crippen molar-refractivity contribution in [2.75, 3.05) is 27.3 Å². The summed E-state index contributed by atoms with van der Waals surface area (Å²) in [6.07, 6.45) is 2.14. The van der Waals surface area contributed by atoms with Gasteiger partial charge >= 0.3 is 0 Å².